The highest BCUT2D eigenvalue weighted by Crippen LogP contribution is 2.27. The molecule has 2 heterocycles. The number of hydrogen-bond donors (Lipinski definition) is 0. The predicted octanol–water partition coefficient (Wildman–Crippen LogP) is 4.29. The Balaban J connectivity index is 1.50. The van der Waals surface area contributed by atoms with Gasteiger partial charge in [-0.15, -0.1) is 0 Å². The van der Waals surface area contributed by atoms with Crippen molar-refractivity contribution in [2.45, 2.75) is 0 Å². The zero-order chi connectivity index (χ0) is 22.1. The molecule has 2 aromatic carbocycles. The summed E-state index contributed by atoms with van der Waals surface area (Å²) in [5.74, 6) is -1.09. The number of anilines is 1. The number of carbonyl (C=O) groups excluding carboxylic acids is 1. The van der Waals surface area contributed by atoms with Gasteiger partial charge < -0.3 is 9.80 Å². The molecule has 31 heavy (non-hydrogen) atoms. The molecule has 3 aromatic rings. The largest absolute Gasteiger partial charge is 0.365 e. The molecule has 0 atom stereocenters. The van der Waals surface area contributed by atoms with E-state index in [2.05, 4.69) is 5.10 Å². The van der Waals surface area contributed by atoms with Crippen molar-refractivity contribution >= 4 is 46.4 Å². The quantitative estimate of drug-likeness (QED) is 0.524. The van der Waals surface area contributed by atoms with Gasteiger partial charge in [-0.05, 0) is 24.3 Å². The predicted molar refractivity (Wildman–Crippen MR) is 119 cm³/mol. The molecule has 1 saturated heterocycles. The first-order chi connectivity index (χ1) is 14.9. The van der Waals surface area contributed by atoms with Gasteiger partial charge in [0, 0.05) is 26.2 Å². The number of rotatable bonds is 3. The monoisotopic (exact) mass is 480 g/mol. The summed E-state index contributed by atoms with van der Waals surface area (Å²) in [5, 5.41) is 4.25. The van der Waals surface area contributed by atoms with Crippen LogP contribution in [0.4, 0.5) is 10.1 Å². The van der Waals surface area contributed by atoms with Crippen LogP contribution in [0.15, 0.2) is 53.5 Å². The van der Waals surface area contributed by atoms with Crippen LogP contribution in [0.25, 0.3) is 5.69 Å². The lowest BCUT2D eigenvalue weighted by Gasteiger charge is -2.36. The van der Waals surface area contributed by atoms with E-state index in [0.717, 1.165) is 6.07 Å². The summed E-state index contributed by atoms with van der Waals surface area (Å²) < 4.78 is 15.0. The number of hydrogen-bond acceptors (Lipinski definition) is 4. The Morgan fingerprint density at radius 1 is 0.968 bits per heavy atom. The highest BCUT2D eigenvalue weighted by molar-refractivity contribution is 6.36. The number of para-hydroxylation sites is 1. The van der Waals surface area contributed by atoms with E-state index in [1.54, 1.807) is 35.4 Å². The molecule has 0 saturated carbocycles. The molecule has 1 fully saturated rings. The van der Waals surface area contributed by atoms with E-state index in [0.29, 0.717) is 37.6 Å². The van der Waals surface area contributed by atoms with Crippen LogP contribution in [-0.4, -0.2) is 46.8 Å². The van der Waals surface area contributed by atoms with Gasteiger partial charge in [0.25, 0.3) is 11.5 Å². The summed E-state index contributed by atoms with van der Waals surface area (Å²) >= 11 is 18.1. The molecular weight excluding hydrogens is 466 g/mol. The van der Waals surface area contributed by atoms with Crippen LogP contribution >= 0.6 is 34.8 Å². The van der Waals surface area contributed by atoms with Crippen LogP contribution in [0.5, 0.6) is 0 Å². The van der Waals surface area contributed by atoms with Crippen LogP contribution in [0, 0.1) is 5.82 Å². The lowest BCUT2D eigenvalue weighted by atomic mass is 10.1. The van der Waals surface area contributed by atoms with E-state index < -0.39 is 11.4 Å². The number of aromatic nitrogens is 2. The van der Waals surface area contributed by atoms with Crippen LogP contribution in [0.3, 0.4) is 0 Å². The number of benzene rings is 2. The third-order valence-corrected chi connectivity index (χ3v) is 6.01. The normalized spacial score (nSPS) is 14.1. The Hall–Kier alpha value is -2.61. The van der Waals surface area contributed by atoms with Crippen molar-refractivity contribution in [3.05, 3.63) is 85.5 Å². The van der Waals surface area contributed by atoms with Crippen LogP contribution in [0.2, 0.25) is 15.1 Å². The molecule has 0 unspecified atom stereocenters. The van der Waals surface area contributed by atoms with Gasteiger partial charge in [0.15, 0.2) is 0 Å². The van der Waals surface area contributed by atoms with E-state index in [1.807, 2.05) is 11.0 Å². The van der Waals surface area contributed by atoms with Gasteiger partial charge in [0.2, 0.25) is 0 Å². The second-order valence-corrected chi connectivity index (χ2v) is 8.11. The molecule has 1 aliphatic heterocycles. The molecule has 0 aliphatic carbocycles. The molecule has 0 N–H and O–H groups in total. The maximum Gasteiger partial charge on any atom is 0.292 e. The Bertz CT molecular complexity index is 1200. The molecule has 1 aliphatic rings. The van der Waals surface area contributed by atoms with Crippen molar-refractivity contribution < 1.29 is 9.18 Å². The highest BCUT2D eigenvalue weighted by Gasteiger charge is 2.26. The Labute approximate surface area is 192 Å². The van der Waals surface area contributed by atoms with E-state index >= 15 is 0 Å². The molecule has 6 nitrogen and oxygen atoms in total. The van der Waals surface area contributed by atoms with Crippen LogP contribution in [0.1, 0.15) is 10.4 Å². The van der Waals surface area contributed by atoms with Crippen molar-refractivity contribution in [2.75, 3.05) is 31.1 Å². The summed E-state index contributed by atoms with van der Waals surface area (Å²) in [6.45, 7) is 1.54. The van der Waals surface area contributed by atoms with Gasteiger partial charge in [-0.2, -0.15) is 9.78 Å². The zero-order valence-electron chi connectivity index (χ0n) is 16.1. The van der Waals surface area contributed by atoms with Gasteiger partial charge in [-0.1, -0.05) is 53.0 Å². The first-order valence-electron chi connectivity index (χ1n) is 9.39. The average molecular weight is 482 g/mol. The SMILES string of the molecule is O=C(c1cc(F)c(Cl)cc1Cl)N1CCN(c2cnn(-c3ccccc3)c(=O)c2Cl)CC1. The fourth-order valence-electron chi connectivity index (χ4n) is 3.40. The summed E-state index contributed by atoms with van der Waals surface area (Å²) in [7, 11) is 0. The van der Waals surface area contributed by atoms with E-state index in [-0.39, 0.29) is 26.5 Å². The van der Waals surface area contributed by atoms with Crippen molar-refractivity contribution in [1.82, 2.24) is 14.7 Å². The molecule has 10 heteroatoms. The molecule has 0 bridgehead atoms. The summed E-state index contributed by atoms with van der Waals surface area (Å²) in [6.07, 6.45) is 1.54. The summed E-state index contributed by atoms with van der Waals surface area (Å²) in [4.78, 5) is 28.9. The lowest BCUT2D eigenvalue weighted by molar-refractivity contribution is 0.0746. The fraction of sp³-hybridized carbons (Fsp3) is 0.190. The van der Waals surface area contributed by atoms with Crippen molar-refractivity contribution in [3.63, 3.8) is 0 Å². The van der Waals surface area contributed by atoms with Crippen LogP contribution < -0.4 is 10.5 Å². The number of piperazine rings is 1. The minimum atomic E-state index is -0.704. The summed E-state index contributed by atoms with van der Waals surface area (Å²) in [5.41, 5.74) is 0.749. The third kappa shape index (κ3) is 4.26. The molecule has 0 radical (unpaired) electrons. The fourth-order valence-corrected chi connectivity index (χ4v) is 4.12. The van der Waals surface area contributed by atoms with Gasteiger partial charge in [-0.25, -0.2) is 4.39 Å². The highest BCUT2D eigenvalue weighted by atomic mass is 35.5. The molecule has 160 valence electrons. The molecule has 1 aromatic heterocycles. The minimum Gasteiger partial charge on any atom is -0.365 e. The van der Waals surface area contributed by atoms with Gasteiger partial charge in [0.1, 0.15) is 10.8 Å². The van der Waals surface area contributed by atoms with E-state index in [9.17, 15) is 14.0 Å². The summed E-state index contributed by atoms with van der Waals surface area (Å²) in [6, 6.07) is 11.2. The smallest absolute Gasteiger partial charge is 0.292 e. The van der Waals surface area contributed by atoms with Gasteiger partial charge in [0.05, 0.1) is 33.2 Å². The topological polar surface area (TPSA) is 58.4 Å². The second kappa shape index (κ2) is 8.86. The van der Waals surface area contributed by atoms with Crippen molar-refractivity contribution in [1.29, 1.82) is 0 Å². The number of nitrogens with zero attached hydrogens (tertiary/aromatic N) is 4. The maximum absolute atomic E-state index is 13.8. The third-order valence-electron chi connectivity index (χ3n) is 5.05. The Morgan fingerprint density at radius 2 is 1.65 bits per heavy atom. The van der Waals surface area contributed by atoms with Gasteiger partial charge >= 0.3 is 0 Å². The Morgan fingerprint density at radius 3 is 2.32 bits per heavy atom. The zero-order valence-corrected chi connectivity index (χ0v) is 18.3. The number of halogens is 4. The molecular formula is C21H16Cl3FN4O2. The molecule has 0 spiro atoms. The minimum absolute atomic E-state index is 0.0569. The molecule has 1 amide bonds. The van der Waals surface area contributed by atoms with E-state index in [1.165, 1.54) is 10.7 Å². The van der Waals surface area contributed by atoms with Crippen molar-refractivity contribution in [2.24, 2.45) is 0 Å². The van der Waals surface area contributed by atoms with Gasteiger partial charge in [-0.3, -0.25) is 9.59 Å². The number of carbonyl (C=O) groups is 1. The molecule has 4 rings (SSSR count). The maximum atomic E-state index is 13.8. The average Bonchev–Trinajstić information content (AvgIpc) is 2.78. The first-order valence-corrected chi connectivity index (χ1v) is 10.5. The standard InChI is InChI=1S/C21H16Cl3FN4O2/c22-15-11-16(23)17(25)10-14(15)20(30)28-8-6-27(7-9-28)18-12-26-29(21(31)19(18)24)13-4-2-1-3-5-13/h1-5,10-12H,6-9H2. The second-order valence-electron chi connectivity index (χ2n) is 6.92. The van der Waals surface area contributed by atoms with E-state index in [4.69, 9.17) is 34.8 Å². The lowest BCUT2D eigenvalue weighted by Crippen LogP contribution is -2.49. The van der Waals surface area contributed by atoms with Crippen LogP contribution in [-0.2, 0) is 0 Å². The number of amides is 1. The first kappa shape index (κ1) is 21.6. The van der Waals surface area contributed by atoms with Crippen molar-refractivity contribution in [3.8, 4) is 5.69 Å². The Kier molecular flexibility index (Phi) is 6.18.